The molecule has 260 valence electrons. The number of anilines is 1. The van der Waals surface area contributed by atoms with Gasteiger partial charge in [-0.15, -0.1) is 11.3 Å². The molecule has 1 saturated heterocycles. The number of fused-ring (bicyclic) bond motifs is 1. The Labute approximate surface area is 280 Å². The first-order valence-corrected chi connectivity index (χ1v) is 16.0. The van der Waals surface area contributed by atoms with Crippen molar-refractivity contribution in [2.24, 2.45) is 0 Å². The zero-order chi connectivity index (χ0) is 35.6. The molecular formula is C31H31F3N6O8S. The maximum Gasteiger partial charge on any atom is 0.416 e. The molecule has 1 aliphatic heterocycles. The van der Waals surface area contributed by atoms with E-state index in [-0.39, 0.29) is 40.9 Å². The van der Waals surface area contributed by atoms with E-state index >= 15 is 0 Å². The molecule has 3 heterocycles. The lowest BCUT2D eigenvalue weighted by Gasteiger charge is -2.48. The Hall–Kier alpha value is -4.86. The number of hydrogen-bond acceptors (Lipinski definition) is 12. The molecule has 0 spiro atoms. The number of nitrogens with zero attached hydrogens (tertiary/aromatic N) is 4. The van der Waals surface area contributed by atoms with Crippen LogP contribution in [0.2, 0.25) is 0 Å². The molecular weight excluding hydrogens is 673 g/mol. The number of nitrogens with one attached hydrogen (secondary N) is 2. The van der Waals surface area contributed by atoms with E-state index in [0.717, 1.165) is 12.1 Å². The van der Waals surface area contributed by atoms with Crippen molar-refractivity contribution in [3.8, 4) is 6.07 Å². The molecule has 1 unspecified atom stereocenters. The molecule has 1 aliphatic carbocycles. The van der Waals surface area contributed by atoms with Gasteiger partial charge in [0.25, 0.3) is 0 Å². The van der Waals surface area contributed by atoms with Crippen LogP contribution in [0.25, 0.3) is 10.9 Å². The SMILES string of the molecule is N#Cc1cc(NCC(=O)NC2CN(C3CCC(OC(=O)CC(O)(CC(=O)O)C(=O)O)(c4cncs4)CC3)C2)c2cc(C(F)(F)F)ccc2n1. The maximum absolute atomic E-state index is 13.3. The van der Waals surface area contributed by atoms with Gasteiger partial charge in [-0.05, 0) is 49.9 Å². The van der Waals surface area contributed by atoms with Crippen LogP contribution < -0.4 is 10.6 Å². The number of amides is 1. The summed E-state index contributed by atoms with van der Waals surface area (Å²) < 4.78 is 45.7. The van der Waals surface area contributed by atoms with Gasteiger partial charge in [-0.1, -0.05) is 0 Å². The van der Waals surface area contributed by atoms with E-state index in [0.29, 0.717) is 43.6 Å². The molecule has 0 bridgehead atoms. The minimum Gasteiger partial charge on any atom is -0.481 e. The topological polar surface area (TPSA) is 215 Å². The number of carboxylic acid groups (broad SMARTS) is 2. The first kappa shape index (κ1) is 35.4. The third-order valence-corrected chi connectivity index (χ3v) is 9.67. The zero-order valence-corrected chi connectivity index (χ0v) is 26.5. The first-order valence-electron chi connectivity index (χ1n) is 15.1. The Kier molecular flexibility index (Phi) is 10.1. The molecule has 5 N–H and O–H groups in total. The average Bonchev–Trinajstić information content (AvgIpc) is 3.56. The summed E-state index contributed by atoms with van der Waals surface area (Å²) in [6.07, 6.45) is -3.41. The van der Waals surface area contributed by atoms with Crippen molar-refractivity contribution in [2.45, 2.75) is 68.0 Å². The van der Waals surface area contributed by atoms with Gasteiger partial charge in [-0.3, -0.25) is 24.3 Å². The number of carbonyl (C=O) groups excluding carboxylic acids is 2. The zero-order valence-electron chi connectivity index (χ0n) is 25.7. The van der Waals surface area contributed by atoms with Gasteiger partial charge in [0, 0.05) is 36.4 Å². The van der Waals surface area contributed by atoms with Crippen molar-refractivity contribution < 1.29 is 52.4 Å². The van der Waals surface area contributed by atoms with Gasteiger partial charge in [-0.2, -0.15) is 18.4 Å². The van der Waals surface area contributed by atoms with Crippen molar-refractivity contribution in [2.75, 3.05) is 25.0 Å². The number of likely N-dealkylation sites (tertiary alicyclic amines) is 1. The number of halogens is 3. The molecule has 2 aromatic heterocycles. The summed E-state index contributed by atoms with van der Waals surface area (Å²) in [6, 6.07) is 5.99. The number of nitriles is 1. The lowest BCUT2D eigenvalue weighted by Crippen LogP contribution is -2.63. The van der Waals surface area contributed by atoms with Crippen LogP contribution in [0, 0.1) is 11.3 Å². The molecule has 1 saturated carbocycles. The van der Waals surface area contributed by atoms with Crippen LogP contribution >= 0.6 is 11.3 Å². The lowest BCUT2D eigenvalue weighted by molar-refractivity contribution is -0.181. The second-order valence-electron chi connectivity index (χ2n) is 12.1. The third-order valence-electron chi connectivity index (χ3n) is 8.71. The van der Waals surface area contributed by atoms with E-state index in [4.69, 9.17) is 9.84 Å². The van der Waals surface area contributed by atoms with Crippen molar-refractivity contribution in [3.63, 3.8) is 0 Å². The fourth-order valence-corrected chi connectivity index (χ4v) is 7.01. The molecule has 14 nitrogen and oxygen atoms in total. The molecule has 49 heavy (non-hydrogen) atoms. The summed E-state index contributed by atoms with van der Waals surface area (Å²) >= 11 is 1.25. The highest BCUT2D eigenvalue weighted by molar-refractivity contribution is 7.09. The molecule has 2 aliphatic rings. The van der Waals surface area contributed by atoms with Crippen LogP contribution in [0.4, 0.5) is 18.9 Å². The summed E-state index contributed by atoms with van der Waals surface area (Å²) in [6.45, 7) is 0.791. The Morgan fingerprint density at radius 2 is 1.84 bits per heavy atom. The van der Waals surface area contributed by atoms with Crippen LogP contribution in [0.15, 0.2) is 36.0 Å². The highest BCUT2D eigenvalue weighted by Gasteiger charge is 2.47. The lowest BCUT2D eigenvalue weighted by atomic mass is 9.79. The van der Waals surface area contributed by atoms with Crippen molar-refractivity contribution in [1.29, 1.82) is 5.26 Å². The molecule has 1 amide bonds. The molecule has 2 fully saturated rings. The van der Waals surface area contributed by atoms with Gasteiger partial charge < -0.3 is 30.7 Å². The number of alkyl halides is 3. The van der Waals surface area contributed by atoms with Crippen molar-refractivity contribution >= 4 is 51.7 Å². The summed E-state index contributed by atoms with van der Waals surface area (Å²) in [5, 5.41) is 43.8. The number of rotatable bonds is 12. The summed E-state index contributed by atoms with van der Waals surface area (Å²) in [5.41, 5.74) is -2.97. The van der Waals surface area contributed by atoms with Crippen molar-refractivity contribution in [3.05, 3.63) is 52.1 Å². The standard InChI is InChI=1S/C31H31F3N6O8S/c32-31(33,34)17-1-2-22-21(7-17)23(8-18(11-35)38-22)37-13-25(41)39-19-14-40(15-19)20-3-5-30(6-4-20,24-12-36-16-49-24)48-27(44)10-29(47,28(45)46)9-26(42)43/h1-2,7-8,12,16,19-20,47H,3-6,9-10,13-15H2,(H,37,38)(H,39,41)(H,42,43)(H,45,46). The largest absolute Gasteiger partial charge is 0.481 e. The van der Waals surface area contributed by atoms with Gasteiger partial charge in [0.05, 0.1) is 46.9 Å². The van der Waals surface area contributed by atoms with Crippen LogP contribution in [0.3, 0.4) is 0 Å². The van der Waals surface area contributed by atoms with Gasteiger partial charge in [0.1, 0.15) is 17.4 Å². The Balaban J connectivity index is 1.14. The number of carbonyl (C=O) groups is 4. The number of pyridine rings is 1. The number of benzene rings is 1. The normalized spacial score (nSPS) is 21.2. The van der Waals surface area contributed by atoms with Crippen LogP contribution in [0.1, 0.15) is 54.7 Å². The fraction of sp³-hybridized carbons (Fsp3) is 0.452. The van der Waals surface area contributed by atoms with Gasteiger partial charge >= 0.3 is 24.1 Å². The Bertz CT molecular complexity index is 1790. The maximum atomic E-state index is 13.3. The first-order chi connectivity index (χ1) is 23.1. The molecule has 18 heteroatoms. The summed E-state index contributed by atoms with van der Waals surface area (Å²) in [7, 11) is 0. The average molecular weight is 705 g/mol. The molecule has 5 rings (SSSR count). The molecule has 1 aromatic carbocycles. The number of thiazole rings is 1. The quantitative estimate of drug-likeness (QED) is 0.172. The summed E-state index contributed by atoms with van der Waals surface area (Å²) in [4.78, 5) is 59.2. The number of aliphatic carboxylic acids is 2. The van der Waals surface area contributed by atoms with E-state index in [1.54, 1.807) is 11.7 Å². The summed E-state index contributed by atoms with van der Waals surface area (Å²) in [5.74, 6) is -4.89. The minimum atomic E-state index is -4.59. The van der Waals surface area contributed by atoms with E-state index in [1.165, 1.54) is 23.5 Å². The third kappa shape index (κ3) is 8.07. The van der Waals surface area contributed by atoms with Gasteiger partial charge in [0.15, 0.2) is 5.60 Å². The fourth-order valence-electron chi connectivity index (χ4n) is 6.19. The number of esters is 1. The van der Waals surface area contributed by atoms with E-state index in [9.17, 15) is 47.8 Å². The van der Waals surface area contributed by atoms with Gasteiger partial charge in [0.2, 0.25) is 5.91 Å². The second-order valence-corrected chi connectivity index (χ2v) is 13.0. The molecule has 1 atom stereocenters. The number of ether oxygens (including phenoxy) is 1. The number of hydrogen-bond donors (Lipinski definition) is 5. The van der Waals surface area contributed by atoms with E-state index in [2.05, 4.69) is 25.5 Å². The molecule has 0 radical (unpaired) electrons. The monoisotopic (exact) mass is 704 g/mol. The van der Waals surface area contributed by atoms with Crippen LogP contribution in [0.5, 0.6) is 0 Å². The molecule has 3 aromatic rings. The minimum absolute atomic E-state index is 0.0219. The predicted molar refractivity (Wildman–Crippen MR) is 165 cm³/mol. The predicted octanol–water partition coefficient (Wildman–Crippen LogP) is 2.86. The Morgan fingerprint density at radius 3 is 2.43 bits per heavy atom. The number of aliphatic hydroxyl groups is 1. The van der Waals surface area contributed by atoms with Crippen LogP contribution in [-0.4, -0.2) is 91.3 Å². The van der Waals surface area contributed by atoms with E-state index < -0.39 is 59.6 Å². The Morgan fingerprint density at radius 1 is 1.12 bits per heavy atom. The van der Waals surface area contributed by atoms with Gasteiger partial charge in [-0.25, -0.2) is 9.78 Å². The van der Waals surface area contributed by atoms with Crippen molar-refractivity contribution in [1.82, 2.24) is 20.2 Å². The van der Waals surface area contributed by atoms with Crippen LogP contribution in [-0.2, 0) is 35.7 Å². The van der Waals surface area contributed by atoms with E-state index in [1.807, 2.05) is 6.07 Å². The highest BCUT2D eigenvalue weighted by Crippen LogP contribution is 2.44. The smallest absolute Gasteiger partial charge is 0.416 e. The number of carboxylic acids is 2. The number of aromatic nitrogens is 2. The second kappa shape index (κ2) is 13.9. The highest BCUT2D eigenvalue weighted by atomic mass is 32.1.